The molecular weight excluding hydrogens is 268 g/mol. The van der Waals surface area contributed by atoms with Crippen LogP contribution in [0.4, 0.5) is 11.9 Å². The lowest BCUT2D eigenvalue weighted by Crippen LogP contribution is -2.22. The highest BCUT2D eigenvalue weighted by atomic mass is 16.5. The van der Waals surface area contributed by atoms with Crippen LogP contribution in [-0.4, -0.2) is 28.1 Å². The second-order valence-corrected chi connectivity index (χ2v) is 5.52. The quantitative estimate of drug-likeness (QED) is 0.523. The molecule has 1 aliphatic rings. The van der Waals surface area contributed by atoms with E-state index in [0.717, 1.165) is 12.5 Å². The highest BCUT2D eigenvalue weighted by Crippen LogP contribution is 2.30. The molecule has 21 heavy (non-hydrogen) atoms. The van der Waals surface area contributed by atoms with Crippen molar-refractivity contribution >= 4 is 11.9 Å². The van der Waals surface area contributed by atoms with Crippen LogP contribution < -0.4 is 21.3 Å². The average molecular weight is 294 g/mol. The molecule has 0 aliphatic heterocycles. The van der Waals surface area contributed by atoms with Gasteiger partial charge in [-0.1, -0.05) is 26.2 Å². The van der Waals surface area contributed by atoms with E-state index in [4.69, 9.17) is 10.6 Å². The molecule has 0 saturated heterocycles. The van der Waals surface area contributed by atoms with Crippen molar-refractivity contribution < 1.29 is 4.74 Å². The summed E-state index contributed by atoms with van der Waals surface area (Å²) >= 11 is 0. The first-order valence-corrected chi connectivity index (χ1v) is 7.84. The van der Waals surface area contributed by atoms with Crippen molar-refractivity contribution in [3.05, 3.63) is 0 Å². The van der Waals surface area contributed by atoms with E-state index in [0.29, 0.717) is 24.4 Å². The Bertz CT molecular complexity index is 433. The van der Waals surface area contributed by atoms with Crippen LogP contribution in [0.15, 0.2) is 0 Å². The van der Waals surface area contributed by atoms with Gasteiger partial charge in [0.2, 0.25) is 11.9 Å². The topological polar surface area (TPSA) is 98.0 Å². The van der Waals surface area contributed by atoms with Gasteiger partial charge in [0.25, 0.3) is 0 Å². The molecule has 0 aromatic carbocycles. The Balaban J connectivity index is 1.89. The molecule has 0 spiro atoms. The molecule has 4 N–H and O–H groups in total. The molecule has 0 bridgehead atoms. The molecule has 7 heteroatoms. The van der Waals surface area contributed by atoms with Crippen LogP contribution in [0.3, 0.4) is 0 Å². The summed E-state index contributed by atoms with van der Waals surface area (Å²) in [5.41, 5.74) is 2.44. The Morgan fingerprint density at radius 2 is 1.71 bits per heavy atom. The van der Waals surface area contributed by atoms with Gasteiger partial charge in [0.05, 0.1) is 6.61 Å². The number of ether oxygens (including phenoxy) is 1. The first-order valence-electron chi connectivity index (χ1n) is 7.84. The summed E-state index contributed by atoms with van der Waals surface area (Å²) in [4.78, 5) is 12.5. The van der Waals surface area contributed by atoms with Gasteiger partial charge in [-0.25, -0.2) is 5.84 Å². The molecule has 0 atom stereocenters. The molecule has 7 nitrogen and oxygen atoms in total. The number of nitrogen functional groups attached to an aromatic ring is 1. The molecule has 1 heterocycles. The maximum Gasteiger partial charge on any atom is 0.323 e. The van der Waals surface area contributed by atoms with Crippen LogP contribution in [0.2, 0.25) is 0 Å². The lowest BCUT2D eigenvalue weighted by atomic mass is 9.81. The number of hydrazine groups is 1. The highest BCUT2D eigenvalue weighted by molar-refractivity contribution is 5.34. The smallest absolute Gasteiger partial charge is 0.323 e. The van der Waals surface area contributed by atoms with Crippen molar-refractivity contribution in [2.24, 2.45) is 17.7 Å². The lowest BCUT2D eigenvalue weighted by molar-refractivity contribution is 0.277. The zero-order valence-corrected chi connectivity index (χ0v) is 12.9. The fourth-order valence-electron chi connectivity index (χ4n) is 2.77. The minimum Gasteiger partial charge on any atom is -0.464 e. The monoisotopic (exact) mass is 294 g/mol. The second kappa shape index (κ2) is 7.97. The van der Waals surface area contributed by atoms with Gasteiger partial charge in [0, 0.05) is 6.54 Å². The summed E-state index contributed by atoms with van der Waals surface area (Å²) in [5.74, 6) is 7.79. The maximum atomic E-state index is 5.37. The fraction of sp³-hybridized carbons (Fsp3) is 0.786. The maximum absolute atomic E-state index is 5.37. The third kappa shape index (κ3) is 4.70. The van der Waals surface area contributed by atoms with Gasteiger partial charge in [-0.2, -0.15) is 15.0 Å². The van der Waals surface area contributed by atoms with Crippen LogP contribution in [-0.2, 0) is 0 Å². The van der Waals surface area contributed by atoms with Gasteiger partial charge in [-0.15, -0.1) is 0 Å². The predicted octanol–water partition coefficient (Wildman–Crippen LogP) is 2.18. The molecule has 1 aliphatic carbocycles. The molecule has 118 valence electrons. The zero-order chi connectivity index (χ0) is 15.1. The first-order chi connectivity index (χ1) is 10.2. The van der Waals surface area contributed by atoms with Gasteiger partial charge in [-0.05, 0) is 31.6 Å². The number of nitrogens with two attached hydrogens (primary N) is 1. The summed E-state index contributed by atoms with van der Waals surface area (Å²) in [7, 11) is 0. The van der Waals surface area contributed by atoms with E-state index in [1.54, 1.807) is 0 Å². The Kier molecular flexibility index (Phi) is 5.98. The van der Waals surface area contributed by atoms with Crippen molar-refractivity contribution in [3.8, 4) is 6.01 Å². The number of nitrogens with one attached hydrogen (secondary N) is 2. The predicted molar refractivity (Wildman–Crippen MR) is 83.0 cm³/mol. The van der Waals surface area contributed by atoms with Crippen LogP contribution >= 0.6 is 0 Å². The Hall–Kier alpha value is -1.63. The van der Waals surface area contributed by atoms with Gasteiger partial charge >= 0.3 is 6.01 Å². The van der Waals surface area contributed by atoms with Crippen LogP contribution in [0.5, 0.6) is 6.01 Å². The van der Waals surface area contributed by atoms with E-state index in [1.165, 1.54) is 32.1 Å². The molecule has 0 unspecified atom stereocenters. The Morgan fingerprint density at radius 3 is 2.33 bits per heavy atom. The van der Waals surface area contributed by atoms with Gasteiger partial charge in [0.1, 0.15) is 0 Å². The van der Waals surface area contributed by atoms with Crippen molar-refractivity contribution in [1.29, 1.82) is 0 Å². The standard InChI is InChI=1S/C14H26N6O/c1-3-10-5-7-11(8-6-10)9-16-12-17-13(20-15)19-14(18-12)21-4-2/h10-11H,3-9,15H2,1-2H3,(H2,16,17,18,19,20). The molecule has 1 fully saturated rings. The molecule has 1 aromatic heterocycles. The zero-order valence-electron chi connectivity index (χ0n) is 12.9. The average Bonchev–Trinajstić information content (AvgIpc) is 2.53. The SMILES string of the molecule is CCOc1nc(NN)nc(NCC2CCC(CC)CC2)n1. The Labute approximate surface area is 126 Å². The van der Waals surface area contributed by atoms with Gasteiger partial charge < -0.3 is 10.1 Å². The molecule has 2 rings (SSSR count). The van der Waals surface area contributed by atoms with Gasteiger partial charge in [0.15, 0.2) is 0 Å². The number of rotatable bonds is 7. The van der Waals surface area contributed by atoms with Crippen molar-refractivity contribution in [2.75, 3.05) is 23.9 Å². The molecule has 0 radical (unpaired) electrons. The number of anilines is 2. The first kappa shape index (κ1) is 15.8. The minimum atomic E-state index is 0.289. The number of nitrogens with zero attached hydrogens (tertiary/aromatic N) is 3. The Morgan fingerprint density at radius 1 is 1.05 bits per heavy atom. The van der Waals surface area contributed by atoms with E-state index in [-0.39, 0.29) is 6.01 Å². The van der Waals surface area contributed by atoms with Crippen molar-refractivity contribution in [3.63, 3.8) is 0 Å². The molecule has 0 amide bonds. The van der Waals surface area contributed by atoms with Crippen LogP contribution in [0.1, 0.15) is 46.0 Å². The van der Waals surface area contributed by atoms with E-state index in [2.05, 4.69) is 32.6 Å². The normalized spacial score (nSPS) is 21.9. The number of hydrogen-bond acceptors (Lipinski definition) is 7. The third-order valence-corrected chi connectivity index (χ3v) is 4.11. The lowest BCUT2D eigenvalue weighted by Gasteiger charge is -2.27. The van der Waals surface area contributed by atoms with Crippen LogP contribution in [0.25, 0.3) is 0 Å². The highest BCUT2D eigenvalue weighted by Gasteiger charge is 2.20. The number of aromatic nitrogens is 3. The number of hydrogen-bond donors (Lipinski definition) is 3. The third-order valence-electron chi connectivity index (χ3n) is 4.11. The fourth-order valence-corrected chi connectivity index (χ4v) is 2.77. The minimum absolute atomic E-state index is 0.289. The van der Waals surface area contributed by atoms with E-state index in [1.807, 2.05) is 6.92 Å². The molecule has 1 aromatic rings. The van der Waals surface area contributed by atoms with Crippen LogP contribution in [0, 0.1) is 11.8 Å². The summed E-state index contributed by atoms with van der Waals surface area (Å²) < 4.78 is 5.31. The molecule has 1 saturated carbocycles. The van der Waals surface area contributed by atoms with Crippen molar-refractivity contribution in [1.82, 2.24) is 15.0 Å². The summed E-state index contributed by atoms with van der Waals surface area (Å²) in [6.45, 7) is 5.56. The van der Waals surface area contributed by atoms with E-state index >= 15 is 0 Å². The van der Waals surface area contributed by atoms with Crippen molar-refractivity contribution in [2.45, 2.75) is 46.0 Å². The summed E-state index contributed by atoms with van der Waals surface area (Å²) in [6.07, 6.45) is 6.52. The van der Waals surface area contributed by atoms with Gasteiger partial charge in [-0.3, -0.25) is 5.43 Å². The second-order valence-electron chi connectivity index (χ2n) is 5.52. The largest absolute Gasteiger partial charge is 0.464 e. The molecular formula is C14H26N6O. The van der Waals surface area contributed by atoms with E-state index in [9.17, 15) is 0 Å². The summed E-state index contributed by atoms with van der Waals surface area (Å²) in [5, 5.41) is 3.28. The summed E-state index contributed by atoms with van der Waals surface area (Å²) in [6, 6.07) is 0.289. The van der Waals surface area contributed by atoms with E-state index < -0.39 is 0 Å².